The summed E-state index contributed by atoms with van der Waals surface area (Å²) in [5, 5.41) is 0. The van der Waals surface area contributed by atoms with E-state index in [1.54, 1.807) is 0 Å². The zero-order valence-electron chi connectivity index (χ0n) is 12.1. The van der Waals surface area contributed by atoms with E-state index in [9.17, 15) is 4.79 Å². The predicted molar refractivity (Wildman–Crippen MR) is 77.1 cm³/mol. The van der Waals surface area contributed by atoms with Crippen molar-refractivity contribution < 1.29 is 4.79 Å². The van der Waals surface area contributed by atoms with Crippen LogP contribution in [0.15, 0.2) is 24.3 Å². The van der Waals surface area contributed by atoms with E-state index in [0.717, 1.165) is 24.2 Å². The second-order valence-corrected chi connectivity index (χ2v) is 5.32. The summed E-state index contributed by atoms with van der Waals surface area (Å²) < 4.78 is 0. The molecule has 0 heterocycles. The molecule has 0 fully saturated rings. The van der Waals surface area contributed by atoms with Crippen molar-refractivity contribution in [3.05, 3.63) is 35.4 Å². The maximum Gasteiger partial charge on any atom is 0.164 e. The maximum absolute atomic E-state index is 12.0. The molecule has 1 aromatic carbocycles. The number of carbonyl (C=O) groups is 1. The molecule has 0 bridgehead atoms. The molecule has 0 amide bonds. The Bertz CT molecular complexity index is 386. The smallest absolute Gasteiger partial charge is 0.164 e. The molecule has 2 heteroatoms. The Morgan fingerprint density at radius 1 is 1.39 bits per heavy atom. The number of ketones is 1. The average Bonchev–Trinajstić information content (AvgIpc) is 2.35. The Morgan fingerprint density at radius 2 is 2.11 bits per heavy atom. The summed E-state index contributed by atoms with van der Waals surface area (Å²) >= 11 is 0. The van der Waals surface area contributed by atoms with Crippen LogP contribution in [0.2, 0.25) is 0 Å². The van der Waals surface area contributed by atoms with Crippen LogP contribution >= 0.6 is 0 Å². The molecule has 2 nitrogen and oxygen atoms in total. The maximum atomic E-state index is 12.0. The van der Waals surface area contributed by atoms with Gasteiger partial charge in [0, 0.05) is 25.1 Å². The van der Waals surface area contributed by atoms with Gasteiger partial charge >= 0.3 is 0 Å². The number of rotatable bonds is 7. The van der Waals surface area contributed by atoms with Crippen LogP contribution in [-0.2, 0) is 0 Å². The lowest BCUT2D eigenvalue weighted by atomic mass is 10.1. The van der Waals surface area contributed by atoms with Crippen molar-refractivity contribution in [1.29, 1.82) is 0 Å². The third kappa shape index (κ3) is 5.01. The van der Waals surface area contributed by atoms with Gasteiger partial charge in [0.05, 0.1) is 0 Å². The first kappa shape index (κ1) is 14.9. The molecule has 0 spiro atoms. The Morgan fingerprint density at radius 3 is 2.72 bits per heavy atom. The zero-order chi connectivity index (χ0) is 13.5. The van der Waals surface area contributed by atoms with Crippen molar-refractivity contribution in [3.8, 4) is 0 Å². The third-order valence-electron chi connectivity index (χ3n) is 3.38. The van der Waals surface area contributed by atoms with Gasteiger partial charge in [0.25, 0.3) is 0 Å². The van der Waals surface area contributed by atoms with Crippen LogP contribution in [0.25, 0.3) is 0 Å². The summed E-state index contributed by atoms with van der Waals surface area (Å²) in [5.41, 5.74) is 1.99. The number of hydrogen-bond donors (Lipinski definition) is 0. The van der Waals surface area contributed by atoms with Crippen LogP contribution in [0.5, 0.6) is 0 Å². The van der Waals surface area contributed by atoms with Gasteiger partial charge in [0.1, 0.15) is 0 Å². The Labute approximate surface area is 111 Å². The molecule has 1 atom stereocenters. The Kier molecular flexibility index (Phi) is 6.06. The molecule has 0 saturated carbocycles. The molecule has 1 unspecified atom stereocenters. The van der Waals surface area contributed by atoms with Crippen molar-refractivity contribution in [2.24, 2.45) is 5.92 Å². The molecular weight excluding hydrogens is 222 g/mol. The van der Waals surface area contributed by atoms with E-state index in [4.69, 9.17) is 0 Å². The van der Waals surface area contributed by atoms with E-state index < -0.39 is 0 Å². The lowest BCUT2D eigenvalue weighted by molar-refractivity contribution is 0.0966. The number of benzene rings is 1. The minimum absolute atomic E-state index is 0.245. The van der Waals surface area contributed by atoms with Crippen LogP contribution in [0, 0.1) is 12.8 Å². The van der Waals surface area contributed by atoms with Gasteiger partial charge in [-0.05, 0) is 26.0 Å². The van der Waals surface area contributed by atoms with Crippen LogP contribution in [0.1, 0.15) is 42.6 Å². The lowest BCUT2D eigenvalue weighted by Gasteiger charge is -2.19. The van der Waals surface area contributed by atoms with Gasteiger partial charge in [0.15, 0.2) is 5.78 Å². The summed E-state index contributed by atoms with van der Waals surface area (Å²) in [5.74, 6) is 0.943. The van der Waals surface area contributed by atoms with Gasteiger partial charge in [-0.2, -0.15) is 0 Å². The van der Waals surface area contributed by atoms with E-state index in [1.807, 2.05) is 31.2 Å². The highest BCUT2D eigenvalue weighted by atomic mass is 16.1. The number of hydrogen-bond acceptors (Lipinski definition) is 2. The van der Waals surface area contributed by atoms with Crippen LogP contribution in [-0.4, -0.2) is 30.8 Å². The molecule has 0 aliphatic carbocycles. The highest BCUT2D eigenvalue weighted by Crippen LogP contribution is 2.08. The number of aryl methyl sites for hydroxylation is 1. The third-order valence-corrected chi connectivity index (χ3v) is 3.38. The van der Waals surface area contributed by atoms with Gasteiger partial charge in [-0.1, -0.05) is 44.0 Å². The highest BCUT2D eigenvalue weighted by molar-refractivity contribution is 5.96. The standard InChI is InChI=1S/C16H25NO/c1-5-13(2)12-17(4)10-9-16(18)15-8-6-7-14(3)11-15/h6-8,11,13H,5,9-10,12H2,1-4H3. The van der Waals surface area contributed by atoms with Gasteiger partial charge in [0.2, 0.25) is 0 Å². The molecule has 0 aromatic heterocycles. The van der Waals surface area contributed by atoms with Crippen molar-refractivity contribution in [2.45, 2.75) is 33.6 Å². The molecule has 1 aromatic rings. The summed E-state index contributed by atoms with van der Waals surface area (Å²) in [6.07, 6.45) is 1.80. The number of carbonyl (C=O) groups excluding carboxylic acids is 1. The summed E-state index contributed by atoms with van der Waals surface area (Å²) in [6.45, 7) is 8.38. The first-order chi connectivity index (χ1) is 8.52. The topological polar surface area (TPSA) is 20.3 Å². The fourth-order valence-corrected chi connectivity index (χ4v) is 2.01. The summed E-state index contributed by atoms with van der Waals surface area (Å²) in [4.78, 5) is 14.3. The molecule has 18 heavy (non-hydrogen) atoms. The second kappa shape index (κ2) is 7.32. The first-order valence-electron chi connectivity index (χ1n) is 6.81. The van der Waals surface area contributed by atoms with E-state index in [0.29, 0.717) is 12.3 Å². The highest BCUT2D eigenvalue weighted by Gasteiger charge is 2.09. The minimum Gasteiger partial charge on any atom is -0.306 e. The molecule has 100 valence electrons. The van der Waals surface area contributed by atoms with Crippen molar-refractivity contribution in [1.82, 2.24) is 4.90 Å². The van der Waals surface area contributed by atoms with E-state index in [-0.39, 0.29) is 5.78 Å². The summed E-state index contributed by atoms with van der Waals surface area (Å²) in [7, 11) is 2.09. The lowest BCUT2D eigenvalue weighted by Crippen LogP contribution is -2.26. The van der Waals surface area contributed by atoms with Crippen LogP contribution in [0.3, 0.4) is 0 Å². The van der Waals surface area contributed by atoms with Gasteiger partial charge in [-0.15, -0.1) is 0 Å². The van der Waals surface area contributed by atoms with Crippen molar-refractivity contribution in [2.75, 3.05) is 20.1 Å². The normalized spacial score (nSPS) is 12.7. The van der Waals surface area contributed by atoms with E-state index >= 15 is 0 Å². The number of Topliss-reactive ketones (excluding diaryl/α,β-unsaturated/α-hetero) is 1. The molecule has 0 saturated heterocycles. The average molecular weight is 247 g/mol. The predicted octanol–water partition coefficient (Wildman–Crippen LogP) is 3.55. The summed E-state index contributed by atoms with van der Waals surface area (Å²) in [6, 6.07) is 7.85. The molecule has 0 aliphatic heterocycles. The Hall–Kier alpha value is -1.15. The molecule has 0 N–H and O–H groups in total. The number of nitrogens with zero attached hydrogens (tertiary/aromatic N) is 1. The van der Waals surface area contributed by atoms with Gasteiger partial charge < -0.3 is 4.90 Å². The van der Waals surface area contributed by atoms with E-state index in [2.05, 4.69) is 25.8 Å². The van der Waals surface area contributed by atoms with Gasteiger partial charge in [-0.3, -0.25) is 4.79 Å². The van der Waals surface area contributed by atoms with Crippen LogP contribution in [0.4, 0.5) is 0 Å². The molecular formula is C16H25NO. The van der Waals surface area contributed by atoms with Gasteiger partial charge in [-0.25, -0.2) is 0 Å². The molecule has 0 radical (unpaired) electrons. The first-order valence-corrected chi connectivity index (χ1v) is 6.81. The molecule has 1 rings (SSSR count). The van der Waals surface area contributed by atoms with Crippen LogP contribution < -0.4 is 0 Å². The fourth-order valence-electron chi connectivity index (χ4n) is 2.01. The van der Waals surface area contributed by atoms with Crippen molar-refractivity contribution >= 4 is 5.78 Å². The van der Waals surface area contributed by atoms with E-state index in [1.165, 1.54) is 6.42 Å². The zero-order valence-corrected chi connectivity index (χ0v) is 12.1. The SMILES string of the molecule is CCC(C)CN(C)CCC(=O)c1cccc(C)c1. The monoisotopic (exact) mass is 247 g/mol. The Balaban J connectivity index is 2.41. The quantitative estimate of drug-likeness (QED) is 0.687. The molecule has 0 aliphatic rings. The fraction of sp³-hybridized carbons (Fsp3) is 0.562. The second-order valence-electron chi connectivity index (χ2n) is 5.32. The van der Waals surface area contributed by atoms with Crippen molar-refractivity contribution in [3.63, 3.8) is 0 Å². The minimum atomic E-state index is 0.245. The largest absolute Gasteiger partial charge is 0.306 e.